The summed E-state index contributed by atoms with van der Waals surface area (Å²) in [4.78, 5) is 0. The summed E-state index contributed by atoms with van der Waals surface area (Å²) in [5.74, 6) is 0.159. The SMILES string of the molecule is CC1(CCSC(F)(F)F)CCC(N)C1. The summed E-state index contributed by atoms with van der Waals surface area (Å²) in [5.41, 5.74) is 1.69. The molecule has 0 heterocycles. The van der Waals surface area contributed by atoms with E-state index in [1.807, 2.05) is 6.92 Å². The molecule has 2 unspecified atom stereocenters. The fraction of sp³-hybridized carbons (Fsp3) is 1.00. The van der Waals surface area contributed by atoms with Crippen molar-refractivity contribution in [2.75, 3.05) is 5.75 Å². The lowest BCUT2D eigenvalue weighted by atomic mass is 9.86. The molecule has 14 heavy (non-hydrogen) atoms. The van der Waals surface area contributed by atoms with E-state index in [-0.39, 0.29) is 29.0 Å². The van der Waals surface area contributed by atoms with Crippen molar-refractivity contribution in [3.8, 4) is 0 Å². The largest absolute Gasteiger partial charge is 0.441 e. The van der Waals surface area contributed by atoms with Crippen LogP contribution < -0.4 is 5.73 Å². The normalized spacial score (nSPS) is 33.6. The van der Waals surface area contributed by atoms with E-state index in [9.17, 15) is 13.2 Å². The summed E-state index contributed by atoms with van der Waals surface area (Å²) < 4.78 is 35.6. The topological polar surface area (TPSA) is 26.0 Å². The first-order valence-electron chi connectivity index (χ1n) is 4.77. The molecule has 0 spiro atoms. The van der Waals surface area contributed by atoms with Gasteiger partial charge >= 0.3 is 5.51 Å². The highest BCUT2D eigenvalue weighted by Crippen LogP contribution is 2.42. The van der Waals surface area contributed by atoms with Crippen molar-refractivity contribution in [1.82, 2.24) is 0 Å². The van der Waals surface area contributed by atoms with Crippen LogP contribution in [0.25, 0.3) is 0 Å². The number of nitrogens with two attached hydrogens (primary N) is 1. The van der Waals surface area contributed by atoms with E-state index in [1.165, 1.54) is 0 Å². The molecule has 1 saturated carbocycles. The van der Waals surface area contributed by atoms with E-state index in [1.54, 1.807) is 0 Å². The number of halogens is 3. The Morgan fingerprint density at radius 1 is 1.50 bits per heavy atom. The van der Waals surface area contributed by atoms with Gasteiger partial charge in [-0.25, -0.2) is 0 Å². The Bertz CT molecular complexity index is 195. The van der Waals surface area contributed by atoms with Gasteiger partial charge in [-0.3, -0.25) is 0 Å². The predicted molar refractivity (Wildman–Crippen MR) is 53.1 cm³/mol. The molecular weight excluding hydrogens is 211 g/mol. The summed E-state index contributed by atoms with van der Waals surface area (Å²) in [5, 5.41) is 0. The van der Waals surface area contributed by atoms with Crippen molar-refractivity contribution >= 4 is 11.8 Å². The minimum Gasteiger partial charge on any atom is -0.328 e. The van der Waals surface area contributed by atoms with Crippen LogP contribution >= 0.6 is 11.8 Å². The minimum absolute atomic E-state index is 0.0394. The van der Waals surface area contributed by atoms with Crippen LogP contribution in [0.5, 0.6) is 0 Å². The Morgan fingerprint density at radius 3 is 2.57 bits per heavy atom. The van der Waals surface area contributed by atoms with E-state index >= 15 is 0 Å². The van der Waals surface area contributed by atoms with Gasteiger partial charge < -0.3 is 5.73 Å². The Morgan fingerprint density at radius 2 is 2.14 bits per heavy atom. The molecule has 0 amide bonds. The molecule has 1 rings (SSSR count). The van der Waals surface area contributed by atoms with Crippen LogP contribution in [0.2, 0.25) is 0 Å². The summed E-state index contributed by atoms with van der Waals surface area (Å²) in [6, 6.07) is 0.191. The molecule has 1 fully saturated rings. The first-order valence-corrected chi connectivity index (χ1v) is 5.76. The van der Waals surface area contributed by atoms with Crippen LogP contribution in [-0.2, 0) is 0 Å². The van der Waals surface area contributed by atoms with Gasteiger partial charge in [0, 0.05) is 11.8 Å². The Hall–Kier alpha value is 0.1000. The molecule has 84 valence electrons. The lowest BCUT2D eigenvalue weighted by Gasteiger charge is -2.23. The van der Waals surface area contributed by atoms with E-state index in [0.29, 0.717) is 6.42 Å². The fourth-order valence-corrected chi connectivity index (χ4v) is 2.84. The van der Waals surface area contributed by atoms with Gasteiger partial charge in [0.25, 0.3) is 0 Å². The van der Waals surface area contributed by atoms with Crippen molar-refractivity contribution in [3.05, 3.63) is 0 Å². The molecule has 2 N–H and O–H groups in total. The summed E-state index contributed by atoms with van der Waals surface area (Å²) in [6.45, 7) is 2.04. The average Bonchev–Trinajstić information content (AvgIpc) is 2.28. The van der Waals surface area contributed by atoms with Crippen LogP contribution in [0.1, 0.15) is 32.6 Å². The van der Waals surface area contributed by atoms with Gasteiger partial charge in [0.05, 0.1) is 0 Å². The number of rotatable bonds is 3. The predicted octanol–water partition coefficient (Wildman–Crippen LogP) is 3.15. The summed E-state index contributed by atoms with van der Waals surface area (Å²) in [7, 11) is 0. The number of alkyl halides is 3. The molecule has 0 aromatic carbocycles. The van der Waals surface area contributed by atoms with Crippen LogP contribution in [-0.4, -0.2) is 17.3 Å². The van der Waals surface area contributed by atoms with Crippen molar-refractivity contribution in [1.29, 1.82) is 0 Å². The van der Waals surface area contributed by atoms with Gasteiger partial charge in [-0.05, 0) is 31.1 Å². The summed E-state index contributed by atoms with van der Waals surface area (Å²) in [6.07, 6.45) is 3.40. The van der Waals surface area contributed by atoms with Gasteiger partial charge in [0.15, 0.2) is 0 Å². The van der Waals surface area contributed by atoms with Gasteiger partial charge in [-0.1, -0.05) is 18.7 Å². The zero-order valence-electron chi connectivity index (χ0n) is 8.23. The van der Waals surface area contributed by atoms with Crippen molar-refractivity contribution in [2.45, 2.75) is 44.2 Å². The number of hydrogen-bond donors (Lipinski definition) is 1. The van der Waals surface area contributed by atoms with Gasteiger partial charge in [-0.15, -0.1) is 0 Å². The van der Waals surface area contributed by atoms with E-state index < -0.39 is 5.51 Å². The van der Waals surface area contributed by atoms with Crippen LogP contribution in [0.3, 0.4) is 0 Å². The summed E-state index contributed by atoms with van der Waals surface area (Å²) >= 11 is 0.0794. The first kappa shape index (κ1) is 12.2. The van der Waals surface area contributed by atoms with Crippen LogP contribution in [0.4, 0.5) is 13.2 Å². The molecule has 0 aromatic rings. The maximum Gasteiger partial charge on any atom is 0.441 e. The molecule has 0 bridgehead atoms. The molecule has 0 radical (unpaired) electrons. The number of hydrogen-bond acceptors (Lipinski definition) is 2. The zero-order valence-corrected chi connectivity index (χ0v) is 9.05. The monoisotopic (exact) mass is 227 g/mol. The van der Waals surface area contributed by atoms with Gasteiger partial charge in [-0.2, -0.15) is 13.2 Å². The van der Waals surface area contributed by atoms with E-state index in [0.717, 1.165) is 19.3 Å². The lowest BCUT2D eigenvalue weighted by molar-refractivity contribution is -0.0329. The van der Waals surface area contributed by atoms with Crippen molar-refractivity contribution in [2.24, 2.45) is 11.1 Å². The molecule has 1 aliphatic rings. The standard InChI is InChI=1S/C9H16F3NS/c1-8(3-2-7(13)6-8)4-5-14-9(10,11)12/h7H,2-6,13H2,1H3. The highest BCUT2D eigenvalue weighted by atomic mass is 32.2. The lowest BCUT2D eigenvalue weighted by Crippen LogP contribution is -2.20. The van der Waals surface area contributed by atoms with Crippen LogP contribution in [0, 0.1) is 5.41 Å². The molecule has 0 saturated heterocycles. The van der Waals surface area contributed by atoms with Gasteiger partial charge in [0.1, 0.15) is 0 Å². The molecule has 5 heteroatoms. The second kappa shape index (κ2) is 4.31. The fourth-order valence-electron chi connectivity index (χ4n) is 2.01. The Labute approximate surface area is 86.6 Å². The average molecular weight is 227 g/mol. The van der Waals surface area contributed by atoms with Crippen molar-refractivity contribution < 1.29 is 13.2 Å². The molecule has 0 aliphatic heterocycles. The Kier molecular flexibility index (Phi) is 3.75. The van der Waals surface area contributed by atoms with Crippen molar-refractivity contribution in [3.63, 3.8) is 0 Å². The zero-order chi connectivity index (χ0) is 10.8. The highest BCUT2D eigenvalue weighted by Gasteiger charge is 2.35. The van der Waals surface area contributed by atoms with Crippen LogP contribution in [0.15, 0.2) is 0 Å². The first-order chi connectivity index (χ1) is 6.31. The second-order valence-corrected chi connectivity index (χ2v) is 5.52. The van der Waals surface area contributed by atoms with Gasteiger partial charge in [0.2, 0.25) is 0 Å². The third kappa shape index (κ3) is 4.09. The molecule has 0 aromatic heterocycles. The third-order valence-electron chi connectivity index (χ3n) is 2.85. The quantitative estimate of drug-likeness (QED) is 0.801. The maximum absolute atomic E-state index is 11.9. The minimum atomic E-state index is -4.09. The third-order valence-corrected chi connectivity index (χ3v) is 3.58. The Balaban J connectivity index is 2.24. The highest BCUT2D eigenvalue weighted by molar-refractivity contribution is 8.00. The molecule has 2 atom stereocenters. The van der Waals surface area contributed by atoms with E-state index in [2.05, 4.69) is 0 Å². The molecule has 1 aliphatic carbocycles. The maximum atomic E-state index is 11.9. The second-order valence-electron chi connectivity index (χ2n) is 4.36. The molecule has 1 nitrogen and oxygen atoms in total. The smallest absolute Gasteiger partial charge is 0.328 e. The molecular formula is C9H16F3NS. The number of thioether (sulfide) groups is 1. The van der Waals surface area contributed by atoms with E-state index in [4.69, 9.17) is 5.73 Å².